The van der Waals surface area contributed by atoms with Gasteiger partial charge in [-0.2, -0.15) is 0 Å². The van der Waals surface area contributed by atoms with Crippen LogP contribution in [0.4, 0.5) is 8.78 Å². The van der Waals surface area contributed by atoms with Crippen molar-refractivity contribution in [3.05, 3.63) is 35.9 Å². The van der Waals surface area contributed by atoms with Gasteiger partial charge in [-0.05, 0) is 12.0 Å². The van der Waals surface area contributed by atoms with Gasteiger partial charge in [0, 0.05) is 0 Å². The van der Waals surface area contributed by atoms with Gasteiger partial charge in [-0.3, -0.25) is 0 Å². The van der Waals surface area contributed by atoms with Gasteiger partial charge in [0.05, 0.1) is 6.04 Å². The molecule has 0 aliphatic heterocycles. The molecule has 1 aromatic rings. The highest BCUT2D eigenvalue weighted by molar-refractivity contribution is 5.15. The number of rotatable bonds is 3. The van der Waals surface area contributed by atoms with Crippen molar-refractivity contribution in [1.29, 1.82) is 0 Å². The summed E-state index contributed by atoms with van der Waals surface area (Å²) in [4.78, 5) is 0. The van der Waals surface area contributed by atoms with Crippen LogP contribution < -0.4 is 5.73 Å². The largest absolute Gasteiger partial charge is 0.323 e. The number of nitrogens with two attached hydrogens (primary N) is 1. The van der Waals surface area contributed by atoms with E-state index in [-0.39, 0.29) is 6.42 Å². The maximum Gasteiger partial charge on any atom is 0.253 e. The van der Waals surface area contributed by atoms with Crippen LogP contribution in [-0.4, -0.2) is 12.5 Å². The molecule has 0 aliphatic carbocycles. The molecule has 0 aliphatic rings. The highest BCUT2D eigenvalue weighted by Crippen LogP contribution is 2.06. The molecule has 1 nitrogen and oxygen atoms in total. The van der Waals surface area contributed by atoms with Crippen LogP contribution in [0.1, 0.15) is 5.56 Å². The molecule has 0 saturated carbocycles. The standard InChI is InChI=1S/C9H11F2N/c10-9(11)8(12)6-7-4-2-1-3-5-7/h1-5,8-9H,6,12H2. The van der Waals surface area contributed by atoms with Crippen LogP contribution >= 0.6 is 0 Å². The van der Waals surface area contributed by atoms with E-state index >= 15 is 0 Å². The summed E-state index contributed by atoms with van der Waals surface area (Å²) in [7, 11) is 0. The van der Waals surface area contributed by atoms with Crippen molar-refractivity contribution in [2.45, 2.75) is 18.9 Å². The fourth-order valence-electron chi connectivity index (χ4n) is 0.975. The van der Waals surface area contributed by atoms with Crippen molar-refractivity contribution in [2.75, 3.05) is 0 Å². The Balaban J connectivity index is 2.53. The SMILES string of the molecule is NC(Cc1ccccc1)C(F)F. The zero-order valence-corrected chi connectivity index (χ0v) is 6.58. The Morgan fingerprint density at radius 1 is 1.17 bits per heavy atom. The van der Waals surface area contributed by atoms with E-state index in [0.717, 1.165) is 5.56 Å². The summed E-state index contributed by atoms with van der Waals surface area (Å²) >= 11 is 0. The predicted octanol–water partition coefficient (Wildman–Crippen LogP) is 1.82. The first-order chi connectivity index (χ1) is 5.70. The van der Waals surface area contributed by atoms with Crippen molar-refractivity contribution in [3.63, 3.8) is 0 Å². The molecule has 12 heavy (non-hydrogen) atoms. The average molecular weight is 171 g/mol. The quantitative estimate of drug-likeness (QED) is 0.737. The third kappa shape index (κ3) is 2.58. The first-order valence-corrected chi connectivity index (χ1v) is 3.78. The van der Waals surface area contributed by atoms with Gasteiger partial charge >= 0.3 is 0 Å². The van der Waals surface area contributed by atoms with Crippen molar-refractivity contribution >= 4 is 0 Å². The number of benzene rings is 1. The number of halogens is 2. The lowest BCUT2D eigenvalue weighted by Gasteiger charge is -2.09. The molecular weight excluding hydrogens is 160 g/mol. The zero-order valence-electron chi connectivity index (χ0n) is 6.58. The fourth-order valence-corrected chi connectivity index (χ4v) is 0.975. The Morgan fingerprint density at radius 3 is 2.25 bits per heavy atom. The third-order valence-corrected chi connectivity index (χ3v) is 1.64. The van der Waals surface area contributed by atoms with Crippen LogP contribution in [0.5, 0.6) is 0 Å². The van der Waals surface area contributed by atoms with Gasteiger partial charge < -0.3 is 5.73 Å². The van der Waals surface area contributed by atoms with E-state index in [1.807, 2.05) is 18.2 Å². The van der Waals surface area contributed by atoms with Crippen LogP contribution in [0.2, 0.25) is 0 Å². The van der Waals surface area contributed by atoms with E-state index in [4.69, 9.17) is 5.73 Å². The summed E-state index contributed by atoms with van der Waals surface area (Å²) in [5.74, 6) is 0. The smallest absolute Gasteiger partial charge is 0.253 e. The van der Waals surface area contributed by atoms with Gasteiger partial charge in [0.25, 0.3) is 6.43 Å². The van der Waals surface area contributed by atoms with Crippen LogP contribution in [0.15, 0.2) is 30.3 Å². The molecule has 0 bridgehead atoms. The maximum atomic E-state index is 12.0. The first kappa shape index (κ1) is 9.13. The summed E-state index contributed by atoms with van der Waals surface area (Å²) in [6, 6.07) is 8.01. The van der Waals surface area contributed by atoms with Crippen LogP contribution in [0, 0.1) is 0 Å². The Labute approximate surface area is 70.2 Å². The monoisotopic (exact) mass is 171 g/mol. The van der Waals surface area contributed by atoms with Crippen molar-refractivity contribution < 1.29 is 8.78 Å². The lowest BCUT2D eigenvalue weighted by atomic mass is 10.1. The molecular formula is C9H11F2N. The normalized spacial score (nSPS) is 13.3. The average Bonchev–Trinajstić information content (AvgIpc) is 2.06. The Morgan fingerprint density at radius 2 is 1.75 bits per heavy atom. The molecule has 0 radical (unpaired) electrons. The van der Waals surface area contributed by atoms with Crippen molar-refractivity contribution in [2.24, 2.45) is 5.73 Å². The number of alkyl halides is 2. The second kappa shape index (κ2) is 4.16. The van der Waals surface area contributed by atoms with Crippen LogP contribution in [-0.2, 0) is 6.42 Å². The van der Waals surface area contributed by atoms with Crippen molar-refractivity contribution in [3.8, 4) is 0 Å². The minimum absolute atomic E-state index is 0.235. The van der Waals surface area contributed by atoms with Gasteiger partial charge in [-0.1, -0.05) is 30.3 Å². The van der Waals surface area contributed by atoms with Crippen LogP contribution in [0.25, 0.3) is 0 Å². The lowest BCUT2D eigenvalue weighted by molar-refractivity contribution is 0.116. The Hall–Kier alpha value is -0.960. The van der Waals surface area contributed by atoms with Gasteiger partial charge in [0.2, 0.25) is 0 Å². The Bertz CT molecular complexity index is 223. The highest BCUT2D eigenvalue weighted by atomic mass is 19.3. The van der Waals surface area contributed by atoms with E-state index in [1.54, 1.807) is 12.1 Å². The second-order valence-electron chi connectivity index (χ2n) is 2.69. The van der Waals surface area contributed by atoms with Gasteiger partial charge in [-0.15, -0.1) is 0 Å². The molecule has 1 rings (SSSR count). The molecule has 1 aromatic carbocycles. The molecule has 0 spiro atoms. The lowest BCUT2D eigenvalue weighted by Crippen LogP contribution is -2.30. The van der Waals surface area contributed by atoms with E-state index in [2.05, 4.69) is 0 Å². The van der Waals surface area contributed by atoms with Crippen molar-refractivity contribution in [1.82, 2.24) is 0 Å². The molecule has 66 valence electrons. The summed E-state index contributed by atoms with van der Waals surface area (Å²) in [6.07, 6.45) is -2.20. The minimum atomic E-state index is -2.44. The molecule has 1 unspecified atom stereocenters. The third-order valence-electron chi connectivity index (χ3n) is 1.64. The molecule has 0 amide bonds. The summed E-state index contributed by atoms with van der Waals surface area (Å²) in [6.45, 7) is 0. The molecule has 0 aromatic heterocycles. The summed E-state index contributed by atoms with van der Waals surface area (Å²) < 4.78 is 24.0. The molecule has 0 fully saturated rings. The summed E-state index contributed by atoms with van der Waals surface area (Å²) in [5.41, 5.74) is 6.05. The van der Waals surface area contributed by atoms with Crippen LogP contribution in [0.3, 0.4) is 0 Å². The maximum absolute atomic E-state index is 12.0. The highest BCUT2D eigenvalue weighted by Gasteiger charge is 2.14. The Kier molecular flexibility index (Phi) is 3.17. The minimum Gasteiger partial charge on any atom is -0.323 e. The first-order valence-electron chi connectivity index (χ1n) is 3.78. The molecule has 3 heteroatoms. The zero-order chi connectivity index (χ0) is 8.97. The second-order valence-corrected chi connectivity index (χ2v) is 2.69. The summed E-state index contributed by atoms with van der Waals surface area (Å²) in [5, 5.41) is 0. The molecule has 1 atom stereocenters. The van der Waals surface area contributed by atoms with E-state index in [9.17, 15) is 8.78 Å². The van der Waals surface area contributed by atoms with E-state index in [1.165, 1.54) is 0 Å². The number of hydrogen-bond acceptors (Lipinski definition) is 1. The molecule has 0 heterocycles. The predicted molar refractivity (Wildman–Crippen MR) is 44.1 cm³/mol. The molecule has 2 N–H and O–H groups in total. The fraction of sp³-hybridized carbons (Fsp3) is 0.333. The topological polar surface area (TPSA) is 26.0 Å². The van der Waals surface area contributed by atoms with E-state index in [0.29, 0.717) is 0 Å². The number of hydrogen-bond donors (Lipinski definition) is 1. The van der Waals surface area contributed by atoms with Gasteiger partial charge in [0.1, 0.15) is 0 Å². The van der Waals surface area contributed by atoms with E-state index < -0.39 is 12.5 Å². The van der Waals surface area contributed by atoms with Gasteiger partial charge in [-0.25, -0.2) is 8.78 Å². The van der Waals surface area contributed by atoms with Gasteiger partial charge in [0.15, 0.2) is 0 Å². The molecule has 0 saturated heterocycles.